The smallest absolute Gasteiger partial charge is 0.337 e. The lowest BCUT2D eigenvalue weighted by atomic mass is 10.2. The number of hydrogen-bond acceptors (Lipinski definition) is 3. The van der Waals surface area contributed by atoms with E-state index in [1.165, 1.54) is 11.6 Å². The predicted octanol–water partition coefficient (Wildman–Crippen LogP) is 3.74. The topological polar surface area (TPSA) is 40.5 Å². The molecule has 1 aromatic carbocycles. The molecular formula is C13H12ClNO2S. The van der Waals surface area contributed by atoms with E-state index in [1.807, 2.05) is 17.3 Å². The van der Waals surface area contributed by atoms with Crippen molar-refractivity contribution in [2.45, 2.75) is 6.54 Å². The van der Waals surface area contributed by atoms with Crippen LogP contribution in [0.4, 0.5) is 5.69 Å². The summed E-state index contributed by atoms with van der Waals surface area (Å²) in [6, 6.07) is 7.04. The van der Waals surface area contributed by atoms with E-state index in [4.69, 9.17) is 16.7 Å². The second-order valence-corrected chi connectivity index (χ2v) is 5.14. The number of hydrogen-bond donors (Lipinski definition) is 1. The summed E-state index contributed by atoms with van der Waals surface area (Å²) in [5.41, 5.74) is 2.25. The molecule has 0 fully saturated rings. The minimum Gasteiger partial charge on any atom is -0.478 e. The molecular weight excluding hydrogens is 270 g/mol. The van der Waals surface area contributed by atoms with E-state index >= 15 is 0 Å². The molecule has 2 aromatic rings. The number of halogens is 1. The van der Waals surface area contributed by atoms with E-state index in [9.17, 15) is 4.79 Å². The molecule has 0 aliphatic carbocycles. The first kappa shape index (κ1) is 12.9. The molecule has 0 amide bonds. The van der Waals surface area contributed by atoms with Gasteiger partial charge in [0, 0.05) is 19.3 Å². The molecule has 94 valence electrons. The van der Waals surface area contributed by atoms with Crippen molar-refractivity contribution < 1.29 is 9.90 Å². The lowest BCUT2D eigenvalue weighted by Gasteiger charge is -2.19. The van der Waals surface area contributed by atoms with Crippen LogP contribution < -0.4 is 4.90 Å². The largest absolute Gasteiger partial charge is 0.478 e. The van der Waals surface area contributed by atoms with Gasteiger partial charge in [-0.2, -0.15) is 11.3 Å². The second-order valence-electron chi connectivity index (χ2n) is 3.96. The molecule has 5 heteroatoms. The first-order valence-electron chi connectivity index (χ1n) is 5.33. The van der Waals surface area contributed by atoms with Crippen LogP contribution >= 0.6 is 22.9 Å². The summed E-state index contributed by atoms with van der Waals surface area (Å²) in [6.07, 6.45) is 0. The predicted molar refractivity (Wildman–Crippen MR) is 74.8 cm³/mol. The number of carbonyl (C=O) groups is 1. The Labute approximate surface area is 114 Å². The van der Waals surface area contributed by atoms with Crippen molar-refractivity contribution in [3.8, 4) is 0 Å². The molecule has 0 spiro atoms. The fourth-order valence-electron chi connectivity index (χ4n) is 1.66. The van der Waals surface area contributed by atoms with Crippen LogP contribution in [0.2, 0.25) is 5.02 Å². The average molecular weight is 282 g/mol. The summed E-state index contributed by atoms with van der Waals surface area (Å²) >= 11 is 7.60. The van der Waals surface area contributed by atoms with Gasteiger partial charge in [0.05, 0.1) is 10.6 Å². The number of nitrogens with zero attached hydrogens (tertiary/aromatic N) is 1. The van der Waals surface area contributed by atoms with Gasteiger partial charge >= 0.3 is 5.97 Å². The monoisotopic (exact) mass is 281 g/mol. The van der Waals surface area contributed by atoms with E-state index in [-0.39, 0.29) is 10.6 Å². The molecule has 2 rings (SSSR count). The highest BCUT2D eigenvalue weighted by molar-refractivity contribution is 7.07. The number of rotatable bonds is 4. The molecule has 3 nitrogen and oxygen atoms in total. The number of aromatic carboxylic acids is 1. The third kappa shape index (κ3) is 2.83. The summed E-state index contributed by atoms with van der Waals surface area (Å²) < 4.78 is 0. The minimum atomic E-state index is -1.01. The van der Waals surface area contributed by atoms with E-state index in [1.54, 1.807) is 23.5 Å². The molecule has 1 heterocycles. The Kier molecular flexibility index (Phi) is 3.89. The van der Waals surface area contributed by atoms with Gasteiger partial charge in [-0.3, -0.25) is 0 Å². The molecule has 0 saturated heterocycles. The van der Waals surface area contributed by atoms with Crippen molar-refractivity contribution in [3.05, 3.63) is 51.2 Å². The number of carboxylic acid groups (broad SMARTS) is 1. The van der Waals surface area contributed by atoms with Crippen molar-refractivity contribution in [2.75, 3.05) is 11.9 Å². The van der Waals surface area contributed by atoms with Gasteiger partial charge in [-0.25, -0.2) is 4.79 Å². The third-order valence-electron chi connectivity index (χ3n) is 2.62. The van der Waals surface area contributed by atoms with Gasteiger partial charge in [0.2, 0.25) is 0 Å². The Bertz CT molecular complexity index is 554. The first-order valence-corrected chi connectivity index (χ1v) is 6.65. The van der Waals surface area contributed by atoms with Crippen molar-refractivity contribution in [2.24, 2.45) is 0 Å². The summed E-state index contributed by atoms with van der Waals surface area (Å²) in [5, 5.41) is 13.3. The van der Waals surface area contributed by atoms with Gasteiger partial charge in [0.15, 0.2) is 0 Å². The molecule has 0 saturated carbocycles. The van der Waals surface area contributed by atoms with Crippen LogP contribution in [0.25, 0.3) is 0 Å². The summed E-state index contributed by atoms with van der Waals surface area (Å²) in [4.78, 5) is 12.9. The van der Waals surface area contributed by atoms with Crippen LogP contribution in [-0.4, -0.2) is 18.1 Å². The Balaban J connectivity index is 2.18. The zero-order valence-corrected chi connectivity index (χ0v) is 11.3. The van der Waals surface area contributed by atoms with Crippen molar-refractivity contribution >= 4 is 34.6 Å². The SMILES string of the molecule is CN(Cc1ccsc1)c1ccc(C(=O)O)c(Cl)c1. The first-order chi connectivity index (χ1) is 8.58. The van der Waals surface area contributed by atoms with Gasteiger partial charge in [0.1, 0.15) is 0 Å². The van der Waals surface area contributed by atoms with Gasteiger partial charge in [-0.05, 0) is 40.6 Å². The van der Waals surface area contributed by atoms with Crippen molar-refractivity contribution in [3.63, 3.8) is 0 Å². The summed E-state index contributed by atoms with van der Waals surface area (Å²) in [6.45, 7) is 0.770. The molecule has 1 aromatic heterocycles. The lowest BCUT2D eigenvalue weighted by Crippen LogP contribution is -2.16. The van der Waals surface area contributed by atoms with Crippen molar-refractivity contribution in [1.29, 1.82) is 0 Å². The number of benzene rings is 1. The summed E-state index contributed by atoms with van der Waals surface area (Å²) in [7, 11) is 1.95. The van der Waals surface area contributed by atoms with Crippen LogP contribution in [0.1, 0.15) is 15.9 Å². The van der Waals surface area contributed by atoms with Crippen LogP contribution in [-0.2, 0) is 6.54 Å². The highest BCUT2D eigenvalue weighted by atomic mass is 35.5. The maximum atomic E-state index is 10.9. The maximum Gasteiger partial charge on any atom is 0.337 e. The quantitative estimate of drug-likeness (QED) is 0.928. The van der Waals surface area contributed by atoms with Crippen LogP contribution in [0.3, 0.4) is 0 Å². The van der Waals surface area contributed by atoms with E-state index < -0.39 is 5.97 Å². The van der Waals surface area contributed by atoms with Crippen molar-refractivity contribution in [1.82, 2.24) is 0 Å². The lowest BCUT2D eigenvalue weighted by molar-refractivity contribution is 0.0697. The van der Waals surface area contributed by atoms with E-state index in [2.05, 4.69) is 11.4 Å². The highest BCUT2D eigenvalue weighted by Crippen LogP contribution is 2.24. The minimum absolute atomic E-state index is 0.129. The number of thiophene rings is 1. The van der Waals surface area contributed by atoms with E-state index in [0.29, 0.717) is 0 Å². The fraction of sp³-hybridized carbons (Fsp3) is 0.154. The normalized spacial score (nSPS) is 10.3. The van der Waals surface area contributed by atoms with Crippen LogP contribution in [0.15, 0.2) is 35.0 Å². The van der Waals surface area contributed by atoms with Gasteiger partial charge < -0.3 is 10.0 Å². The van der Waals surface area contributed by atoms with Gasteiger partial charge in [-0.1, -0.05) is 11.6 Å². The molecule has 0 bridgehead atoms. The Morgan fingerprint density at radius 3 is 2.78 bits per heavy atom. The van der Waals surface area contributed by atoms with Crippen LogP contribution in [0.5, 0.6) is 0 Å². The molecule has 0 unspecified atom stereocenters. The maximum absolute atomic E-state index is 10.9. The second kappa shape index (κ2) is 5.42. The molecule has 18 heavy (non-hydrogen) atoms. The molecule has 0 radical (unpaired) electrons. The van der Waals surface area contributed by atoms with Crippen LogP contribution in [0, 0.1) is 0 Å². The number of carboxylic acids is 1. The molecule has 0 aliphatic rings. The molecule has 0 aliphatic heterocycles. The zero-order chi connectivity index (χ0) is 13.1. The highest BCUT2D eigenvalue weighted by Gasteiger charge is 2.10. The standard InChI is InChI=1S/C13H12ClNO2S/c1-15(7-9-4-5-18-8-9)10-2-3-11(13(16)17)12(14)6-10/h2-6,8H,7H2,1H3,(H,16,17). The Hall–Kier alpha value is -1.52. The Morgan fingerprint density at radius 2 is 2.22 bits per heavy atom. The number of anilines is 1. The molecule has 0 atom stereocenters. The Morgan fingerprint density at radius 1 is 1.44 bits per heavy atom. The average Bonchev–Trinajstić information content (AvgIpc) is 2.81. The fourth-order valence-corrected chi connectivity index (χ4v) is 2.58. The third-order valence-corrected chi connectivity index (χ3v) is 3.67. The summed E-state index contributed by atoms with van der Waals surface area (Å²) in [5.74, 6) is -1.01. The van der Waals surface area contributed by atoms with Gasteiger partial charge in [-0.15, -0.1) is 0 Å². The van der Waals surface area contributed by atoms with E-state index in [0.717, 1.165) is 12.2 Å². The zero-order valence-electron chi connectivity index (χ0n) is 9.76. The van der Waals surface area contributed by atoms with Gasteiger partial charge in [0.25, 0.3) is 0 Å². The molecule has 1 N–H and O–H groups in total.